The molecular weight excluding hydrogens is 344 g/mol. The van der Waals surface area contributed by atoms with Gasteiger partial charge in [0.15, 0.2) is 0 Å². The van der Waals surface area contributed by atoms with Crippen LogP contribution in [0, 0.1) is 4.77 Å². The summed E-state index contributed by atoms with van der Waals surface area (Å²) in [6.45, 7) is 2.89. The Morgan fingerprint density at radius 3 is 2.87 bits per heavy atom. The average Bonchev–Trinajstić information content (AvgIpc) is 3.25. The molecule has 0 fully saturated rings. The highest BCUT2D eigenvalue weighted by atomic mass is 32.1. The van der Waals surface area contributed by atoms with Crippen LogP contribution in [0.3, 0.4) is 0 Å². The van der Waals surface area contributed by atoms with Crippen molar-refractivity contribution < 1.29 is 0 Å². The summed E-state index contributed by atoms with van der Waals surface area (Å²) >= 11 is 9.12. The van der Waals surface area contributed by atoms with E-state index in [1.165, 1.54) is 9.58 Å². The van der Waals surface area contributed by atoms with Crippen molar-refractivity contribution in [1.82, 2.24) is 19.1 Å². The summed E-state index contributed by atoms with van der Waals surface area (Å²) in [7, 11) is 2.11. The van der Waals surface area contributed by atoms with E-state index in [0.29, 0.717) is 12.7 Å². The fourth-order valence-corrected chi connectivity index (χ4v) is 4.87. The Balaban J connectivity index is 1.69. The molecule has 118 valence electrons. The maximum Gasteiger partial charge on any atom is 0.216 e. The zero-order valence-electron chi connectivity index (χ0n) is 12.8. The van der Waals surface area contributed by atoms with E-state index in [2.05, 4.69) is 52.9 Å². The molecule has 0 saturated heterocycles. The maximum atomic E-state index is 5.66. The molecule has 0 aliphatic rings. The molecule has 23 heavy (non-hydrogen) atoms. The van der Waals surface area contributed by atoms with Gasteiger partial charge in [-0.05, 0) is 49.8 Å². The summed E-state index contributed by atoms with van der Waals surface area (Å²) in [6, 6.07) is 12.9. The molecular formula is C16H16N4S3. The number of aromatic nitrogens is 3. The van der Waals surface area contributed by atoms with Gasteiger partial charge in [0.05, 0.1) is 16.9 Å². The van der Waals surface area contributed by atoms with Crippen LogP contribution in [-0.4, -0.2) is 26.1 Å². The van der Waals surface area contributed by atoms with Gasteiger partial charge in [-0.2, -0.15) is 0 Å². The third kappa shape index (κ3) is 2.53. The molecule has 4 rings (SSSR count). The van der Waals surface area contributed by atoms with Crippen molar-refractivity contribution in [1.29, 1.82) is 0 Å². The van der Waals surface area contributed by atoms with Crippen molar-refractivity contribution in [3.8, 4) is 0 Å². The standard InChI is InChI=1S/C16H16N4S3/c1-11(13-8-5-9-22-13)18(2)10-19-16(21)20-12-6-3-4-7-14(12)23-15(20)17-19/h3-9,11H,10H2,1-2H3. The Morgan fingerprint density at radius 1 is 1.26 bits per heavy atom. The number of fused-ring (bicyclic) bond motifs is 3. The average molecular weight is 361 g/mol. The van der Waals surface area contributed by atoms with E-state index < -0.39 is 0 Å². The molecule has 3 aromatic heterocycles. The quantitative estimate of drug-likeness (QED) is 0.489. The molecule has 0 spiro atoms. The molecule has 4 aromatic rings. The second-order valence-corrected chi connectivity index (χ2v) is 7.91. The van der Waals surface area contributed by atoms with E-state index >= 15 is 0 Å². The Labute approximate surface area is 147 Å². The normalized spacial score (nSPS) is 13.3. The zero-order chi connectivity index (χ0) is 16.0. The third-order valence-electron chi connectivity index (χ3n) is 4.09. The van der Waals surface area contributed by atoms with Crippen molar-refractivity contribution in [3.63, 3.8) is 0 Å². The molecule has 1 unspecified atom stereocenters. The lowest BCUT2D eigenvalue weighted by atomic mass is 10.2. The Kier molecular flexibility index (Phi) is 3.81. The number of benzene rings is 1. The predicted octanol–water partition coefficient (Wildman–Crippen LogP) is 4.79. The van der Waals surface area contributed by atoms with E-state index in [-0.39, 0.29) is 0 Å². The zero-order valence-corrected chi connectivity index (χ0v) is 15.3. The number of rotatable bonds is 4. The second kappa shape index (κ2) is 5.83. The molecule has 0 saturated carbocycles. The summed E-state index contributed by atoms with van der Waals surface area (Å²) in [5.41, 5.74) is 1.14. The summed E-state index contributed by atoms with van der Waals surface area (Å²) < 4.78 is 5.95. The number of thiazole rings is 1. The highest BCUT2D eigenvalue weighted by molar-refractivity contribution is 7.71. The number of hydrogen-bond acceptors (Lipinski definition) is 5. The van der Waals surface area contributed by atoms with Gasteiger partial charge < -0.3 is 0 Å². The van der Waals surface area contributed by atoms with Crippen LogP contribution in [-0.2, 0) is 6.67 Å². The monoisotopic (exact) mass is 360 g/mol. The number of nitrogens with zero attached hydrogens (tertiary/aromatic N) is 4. The Hall–Kier alpha value is -1.54. The molecule has 0 bridgehead atoms. The molecule has 7 heteroatoms. The molecule has 1 aromatic carbocycles. The van der Waals surface area contributed by atoms with Crippen LogP contribution >= 0.6 is 34.9 Å². The van der Waals surface area contributed by atoms with Crippen LogP contribution < -0.4 is 0 Å². The first kappa shape index (κ1) is 15.0. The number of thiophene rings is 1. The van der Waals surface area contributed by atoms with Gasteiger partial charge >= 0.3 is 0 Å². The van der Waals surface area contributed by atoms with Crippen LogP contribution in [0.5, 0.6) is 0 Å². The van der Waals surface area contributed by atoms with Crippen LogP contribution in [0.2, 0.25) is 0 Å². The molecule has 0 aliphatic heterocycles. The van der Waals surface area contributed by atoms with E-state index in [0.717, 1.165) is 15.2 Å². The molecule has 3 heterocycles. The van der Waals surface area contributed by atoms with Crippen LogP contribution in [0.15, 0.2) is 41.8 Å². The summed E-state index contributed by atoms with van der Waals surface area (Å²) in [5.74, 6) is 0. The predicted molar refractivity (Wildman–Crippen MR) is 99.9 cm³/mol. The van der Waals surface area contributed by atoms with Crippen LogP contribution in [0.25, 0.3) is 15.2 Å². The van der Waals surface area contributed by atoms with Crippen molar-refractivity contribution >= 4 is 50.1 Å². The van der Waals surface area contributed by atoms with Crippen molar-refractivity contribution in [3.05, 3.63) is 51.4 Å². The highest BCUT2D eigenvalue weighted by Crippen LogP contribution is 2.27. The SMILES string of the molecule is CC(c1cccs1)N(C)Cn1nc2sc3ccccc3n2c1=S. The summed E-state index contributed by atoms with van der Waals surface area (Å²) in [4.78, 5) is 4.57. The van der Waals surface area contributed by atoms with E-state index in [1.807, 2.05) is 16.8 Å². The van der Waals surface area contributed by atoms with Gasteiger partial charge in [-0.25, -0.2) is 4.68 Å². The molecule has 0 radical (unpaired) electrons. The largest absolute Gasteiger partial charge is 0.280 e. The van der Waals surface area contributed by atoms with Gasteiger partial charge in [0.25, 0.3) is 0 Å². The Bertz CT molecular complexity index is 1010. The van der Waals surface area contributed by atoms with Gasteiger partial charge in [-0.3, -0.25) is 9.30 Å². The van der Waals surface area contributed by atoms with Crippen LogP contribution in [0.1, 0.15) is 17.8 Å². The molecule has 1 atom stereocenters. The van der Waals surface area contributed by atoms with Crippen molar-refractivity contribution in [2.45, 2.75) is 19.6 Å². The first-order chi connectivity index (χ1) is 11.1. The summed E-state index contributed by atoms with van der Waals surface area (Å²) in [6.07, 6.45) is 0. The van der Waals surface area contributed by atoms with Gasteiger partial charge in [-0.1, -0.05) is 29.5 Å². The van der Waals surface area contributed by atoms with Crippen LogP contribution in [0.4, 0.5) is 0 Å². The fourth-order valence-electron chi connectivity index (χ4n) is 2.66. The summed E-state index contributed by atoms with van der Waals surface area (Å²) in [5, 5.41) is 6.82. The minimum absolute atomic E-state index is 0.341. The lowest BCUT2D eigenvalue weighted by Gasteiger charge is -2.23. The lowest BCUT2D eigenvalue weighted by Crippen LogP contribution is -2.25. The second-order valence-electron chi connectivity index (χ2n) is 5.56. The van der Waals surface area contributed by atoms with E-state index in [1.54, 1.807) is 22.7 Å². The topological polar surface area (TPSA) is 25.5 Å². The van der Waals surface area contributed by atoms with Gasteiger partial charge in [-0.15, -0.1) is 16.4 Å². The highest BCUT2D eigenvalue weighted by Gasteiger charge is 2.16. The molecule has 4 nitrogen and oxygen atoms in total. The van der Waals surface area contributed by atoms with Crippen molar-refractivity contribution in [2.75, 3.05) is 7.05 Å². The Morgan fingerprint density at radius 2 is 2.09 bits per heavy atom. The van der Waals surface area contributed by atoms with E-state index in [4.69, 9.17) is 17.3 Å². The van der Waals surface area contributed by atoms with E-state index in [9.17, 15) is 0 Å². The van der Waals surface area contributed by atoms with Gasteiger partial charge in [0.1, 0.15) is 0 Å². The minimum atomic E-state index is 0.341. The molecule has 0 aliphatic carbocycles. The lowest BCUT2D eigenvalue weighted by molar-refractivity contribution is 0.197. The first-order valence-electron chi connectivity index (χ1n) is 7.36. The third-order valence-corrected chi connectivity index (χ3v) is 6.54. The maximum absolute atomic E-state index is 5.66. The smallest absolute Gasteiger partial charge is 0.216 e. The number of hydrogen-bond donors (Lipinski definition) is 0. The fraction of sp³-hybridized carbons (Fsp3) is 0.250. The number of para-hydroxylation sites is 1. The van der Waals surface area contributed by atoms with Gasteiger partial charge in [0, 0.05) is 10.9 Å². The van der Waals surface area contributed by atoms with Crippen molar-refractivity contribution in [2.24, 2.45) is 0 Å². The molecule has 0 N–H and O–H groups in total. The molecule has 0 amide bonds. The minimum Gasteiger partial charge on any atom is -0.280 e. The first-order valence-corrected chi connectivity index (χ1v) is 9.46. The van der Waals surface area contributed by atoms with Gasteiger partial charge in [0.2, 0.25) is 9.73 Å².